The van der Waals surface area contributed by atoms with E-state index in [-0.39, 0.29) is 22.6 Å². The molecule has 7 nitrogen and oxygen atoms in total. The number of amides is 1. The van der Waals surface area contributed by atoms with Crippen LogP contribution in [0, 0.1) is 0 Å². The molecule has 4 rings (SSSR count). The lowest BCUT2D eigenvalue weighted by Gasteiger charge is -2.18. The molecular weight excluding hydrogens is 438 g/mol. The van der Waals surface area contributed by atoms with Gasteiger partial charge in [0.1, 0.15) is 11.4 Å². The van der Waals surface area contributed by atoms with Crippen molar-refractivity contribution in [2.75, 3.05) is 11.0 Å². The average Bonchev–Trinajstić information content (AvgIpc) is 3.12. The summed E-state index contributed by atoms with van der Waals surface area (Å²) in [6.07, 6.45) is 2.29. The molecule has 4 aromatic rings. The van der Waals surface area contributed by atoms with E-state index >= 15 is 8.78 Å². The third-order valence-corrected chi connectivity index (χ3v) is 5.42. The lowest BCUT2D eigenvalue weighted by atomic mass is 10.0. The zero-order valence-corrected chi connectivity index (χ0v) is 17.6. The molecule has 0 fully saturated rings. The van der Waals surface area contributed by atoms with Gasteiger partial charge in [-0.25, -0.2) is 8.42 Å². The zero-order valence-electron chi connectivity index (χ0n) is 16.8. The van der Waals surface area contributed by atoms with Gasteiger partial charge in [0, 0.05) is 22.8 Å². The number of rotatable bonds is 6. The first-order valence-electron chi connectivity index (χ1n) is 9.39. The molecule has 0 saturated carbocycles. The Kier molecular flexibility index (Phi) is 5.17. The minimum Gasteiger partial charge on any atom is -0.364 e. The molecular formula is C22H18F2N4O3S. The van der Waals surface area contributed by atoms with Crippen molar-refractivity contribution in [3.8, 4) is 5.69 Å². The van der Waals surface area contributed by atoms with Crippen molar-refractivity contribution < 1.29 is 22.0 Å². The van der Waals surface area contributed by atoms with E-state index in [4.69, 9.17) is 5.73 Å². The Bertz CT molecular complexity index is 1430. The number of fused-ring (bicyclic) bond motifs is 1. The molecule has 0 aliphatic carbocycles. The van der Waals surface area contributed by atoms with Crippen molar-refractivity contribution in [2.24, 2.45) is 5.73 Å². The largest absolute Gasteiger partial charge is 0.364 e. The minimum atomic E-state index is -3.55. The van der Waals surface area contributed by atoms with Crippen LogP contribution in [-0.4, -0.2) is 30.1 Å². The molecule has 2 aromatic heterocycles. The van der Waals surface area contributed by atoms with Gasteiger partial charge in [0.15, 0.2) is 0 Å². The summed E-state index contributed by atoms with van der Waals surface area (Å²) in [4.78, 5) is 15.9. The van der Waals surface area contributed by atoms with E-state index in [0.717, 1.165) is 6.26 Å². The summed E-state index contributed by atoms with van der Waals surface area (Å²) in [5, 5.41) is 0.583. The van der Waals surface area contributed by atoms with Gasteiger partial charge in [0.05, 0.1) is 17.5 Å². The second-order valence-electron chi connectivity index (χ2n) is 7.22. The number of anilines is 1. The molecule has 1 amide bonds. The highest BCUT2D eigenvalue weighted by Crippen LogP contribution is 2.36. The first-order valence-corrected chi connectivity index (χ1v) is 11.3. The van der Waals surface area contributed by atoms with Crippen LogP contribution in [0.15, 0.2) is 72.9 Å². The third kappa shape index (κ3) is 4.04. The maximum atomic E-state index is 15.1. The van der Waals surface area contributed by atoms with Crippen LogP contribution in [0.2, 0.25) is 0 Å². The number of nitrogens with one attached hydrogen (secondary N) is 1. The highest BCUT2D eigenvalue weighted by atomic mass is 32.2. The van der Waals surface area contributed by atoms with Gasteiger partial charge in [-0.1, -0.05) is 24.3 Å². The number of alkyl halides is 2. The summed E-state index contributed by atoms with van der Waals surface area (Å²) in [7, 11) is -3.55. The van der Waals surface area contributed by atoms with Gasteiger partial charge >= 0.3 is 5.92 Å². The van der Waals surface area contributed by atoms with Crippen molar-refractivity contribution in [3.05, 3.63) is 89.9 Å². The third-order valence-electron chi connectivity index (χ3n) is 4.81. The number of benzene rings is 2. The van der Waals surface area contributed by atoms with Crippen LogP contribution < -0.4 is 10.5 Å². The lowest BCUT2D eigenvalue weighted by Crippen LogP contribution is -2.18. The Labute approximate surface area is 182 Å². The number of nitrogens with zero attached hydrogens (tertiary/aromatic N) is 2. The maximum Gasteiger partial charge on any atom is 0.314 e. The fraction of sp³-hybridized carbons (Fsp3) is 0.0909. The van der Waals surface area contributed by atoms with Crippen molar-refractivity contribution in [2.45, 2.75) is 5.92 Å². The van der Waals surface area contributed by atoms with Crippen LogP contribution in [0.1, 0.15) is 21.7 Å². The molecule has 0 atom stereocenters. The molecule has 10 heteroatoms. The number of hydrogen-bond acceptors (Lipinski definition) is 4. The number of carbonyl (C=O) groups is 1. The number of hydrogen-bond donors (Lipinski definition) is 2. The van der Waals surface area contributed by atoms with E-state index in [1.807, 2.05) is 0 Å². The van der Waals surface area contributed by atoms with Crippen LogP contribution in [0.5, 0.6) is 0 Å². The summed E-state index contributed by atoms with van der Waals surface area (Å²) >= 11 is 0. The number of sulfonamides is 1. The van der Waals surface area contributed by atoms with Crippen molar-refractivity contribution >= 4 is 32.5 Å². The first-order chi connectivity index (χ1) is 15.1. The quantitative estimate of drug-likeness (QED) is 0.462. The number of carbonyl (C=O) groups excluding carboxylic acids is 1. The van der Waals surface area contributed by atoms with Crippen LogP contribution in [0.25, 0.3) is 16.6 Å². The van der Waals surface area contributed by atoms with E-state index in [1.54, 1.807) is 18.2 Å². The topological polar surface area (TPSA) is 107 Å². The van der Waals surface area contributed by atoms with Gasteiger partial charge < -0.3 is 10.3 Å². The molecule has 0 saturated heterocycles. The molecule has 0 aliphatic rings. The Morgan fingerprint density at radius 2 is 1.84 bits per heavy atom. The molecule has 0 radical (unpaired) electrons. The fourth-order valence-electron chi connectivity index (χ4n) is 3.47. The number of pyridine rings is 1. The Balaban J connectivity index is 1.91. The van der Waals surface area contributed by atoms with E-state index in [2.05, 4.69) is 9.71 Å². The van der Waals surface area contributed by atoms with Crippen molar-refractivity contribution in [1.29, 1.82) is 0 Å². The van der Waals surface area contributed by atoms with Crippen LogP contribution in [0.4, 0.5) is 14.5 Å². The summed E-state index contributed by atoms with van der Waals surface area (Å²) in [5.41, 5.74) is 5.81. The van der Waals surface area contributed by atoms with Crippen molar-refractivity contribution in [3.63, 3.8) is 0 Å². The minimum absolute atomic E-state index is 0.0646. The molecule has 2 aromatic carbocycles. The second-order valence-corrected chi connectivity index (χ2v) is 8.97. The summed E-state index contributed by atoms with van der Waals surface area (Å²) in [6, 6.07) is 15.9. The van der Waals surface area contributed by atoms with E-state index in [9.17, 15) is 13.2 Å². The van der Waals surface area contributed by atoms with E-state index in [1.165, 1.54) is 59.3 Å². The molecule has 3 N–H and O–H groups in total. The monoisotopic (exact) mass is 456 g/mol. The van der Waals surface area contributed by atoms with E-state index < -0.39 is 27.5 Å². The first kappa shape index (κ1) is 21.4. The predicted molar refractivity (Wildman–Crippen MR) is 117 cm³/mol. The second kappa shape index (κ2) is 7.72. The van der Waals surface area contributed by atoms with Gasteiger partial charge in [0.25, 0.3) is 5.91 Å². The Morgan fingerprint density at radius 1 is 1.06 bits per heavy atom. The predicted octanol–water partition coefficient (Wildman–Crippen LogP) is 3.64. The van der Waals surface area contributed by atoms with Gasteiger partial charge in [-0.2, -0.15) is 8.78 Å². The smallest absolute Gasteiger partial charge is 0.314 e. The van der Waals surface area contributed by atoms with Crippen molar-refractivity contribution in [1.82, 2.24) is 9.55 Å². The molecule has 0 spiro atoms. The number of halogens is 2. The van der Waals surface area contributed by atoms with Gasteiger partial charge in [0.2, 0.25) is 10.0 Å². The SMILES string of the molecule is CS(=O)(=O)Nc1ccc2cc(C(N)=O)n(-c3cccc(C(F)(F)c4ccccn4)c3)c2c1. The maximum absolute atomic E-state index is 15.1. The number of aromatic nitrogens is 2. The van der Waals surface area contributed by atoms with Crippen LogP contribution in [0.3, 0.4) is 0 Å². The van der Waals surface area contributed by atoms with Gasteiger partial charge in [-0.3, -0.25) is 14.5 Å². The standard InChI is InChI=1S/C22H18F2N4O3S/c1-32(30,31)27-16-9-8-14-11-19(21(25)29)28(18(14)13-16)17-6-4-5-15(12-17)22(23,24)20-7-2-3-10-26-20/h2-13,27H,1H3,(H2,25,29). The summed E-state index contributed by atoms with van der Waals surface area (Å²) in [5.74, 6) is -4.14. The highest BCUT2D eigenvalue weighted by molar-refractivity contribution is 7.92. The average molecular weight is 456 g/mol. The zero-order chi connectivity index (χ0) is 23.1. The fourth-order valence-corrected chi connectivity index (χ4v) is 4.03. The van der Waals surface area contributed by atoms with Crippen LogP contribution in [-0.2, 0) is 15.9 Å². The van der Waals surface area contributed by atoms with E-state index in [0.29, 0.717) is 10.9 Å². The molecule has 164 valence electrons. The van der Waals surface area contributed by atoms with Gasteiger partial charge in [-0.05, 0) is 42.5 Å². The molecule has 0 aliphatic heterocycles. The van der Waals surface area contributed by atoms with Crippen LogP contribution >= 0.6 is 0 Å². The number of nitrogens with two attached hydrogens (primary N) is 1. The highest BCUT2D eigenvalue weighted by Gasteiger charge is 2.35. The summed E-state index contributed by atoms with van der Waals surface area (Å²) in [6.45, 7) is 0. The lowest BCUT2D eigenvalue weighted by molar-refractivity contribution is 0.0380. The number of primary amides is 1. The summed E-state index contributed by atoms with van der Waals surface area (Å²) < 4.78 is 57.2. The molecule has 0 bridgehead atoms. The molecule has 32 heavy (non-hydrogen) atoms. The molecule has 2 heterocycles. The van der Waals surface area contributed by atoms with Gasteiger partial charge in [-0.15, -0.1) is 0 Å². The Morgan fingerprint density at radius 3 is 2.50 bits per heavy atom. The Hall–Kier alpha value is -3.79. The molecule has 0 unspecified atom stereocenters. The normalized spacial score (nSPS) is 12.1.